The number of aromatic hydroxyl groups is 1. The van der Waals surface area contributed by atoms with Gasteiger partial charge in [0.05, 0.1) is 12.3 Å². The molecule has 0 fully saturated rings. The van der Waals surface area contributed by atoms with Crippen molar-refractivity contribution in [2.75, 3.05) is 19.7 Å². The summed E-state index contributed by atoms with van der Waals surface area (Å²) in [6.45, 7) is 6.04. The van der Waals surface area contributed by atoms with Crippen molar-refractivity contribution in [2.24, 2.45) is 0 Å². The number of rotatable bonds is 7. The molecule has 0 aliphatic rings. The van der Waals surface area contributed by atoms with Crippen molar-refractivity contribution in [2.45, 2.75) is 26.9 Å². The lowest BCUT2D eigenvalue weighted by Crippen LogP contribution is -2.29. The molecular weight excluding hydrogens is 294 g/mol. The second-order valence-electron chi connectivity index (χ2n) is 5.48. The first-order valence-corrected chi connectivity index (χ1v) is 7.71. The molecule has 0 atom stereocenters. The third-order valence-corrected chi connectivity index (χ3v) is 3.93. The van der Waals surface area contributed by atoms with Gasteiger partial charge in [-0.3, -0.25) is 14.7 Å². The molecule has 0 spiro atoms. The average molecular weight is 317 g/mol. The van der Waals surface area contributed by atoms with Gasteiger partial charge >= 0.3 is 0 Å². The fourth-order valence-corrected chi connectivity index (χ4v) is 2.57. The summed E-state index contributed by atoms with van der Waals surface area (Å²) in [7, 11) is 0. The summed E-state index contributed by atoms with van der Waals surface area (Å²) in [5.41, 5.74) is 2.03. The molecule has 0 saturated carbocycles. The Morgan fingerprint density at radius 3 is 2.61 bits per heavy atom. The fraction of sp³-hybridized carbons (Fsp3) is 0.412. The van der Waals surface area contributed by atoms with E-state index >= 15 is 0 Å². The summed E-state index contributed by atoms with van der Waals surface area (Å²) in [5, 5.41) is 19.4. The number of aliphatic hydroxyl groups is 1. The van der Waals surface area contributed by atoms with Crippen molar-refractivity contribution < 1.29 is 10.2 Å². The van der Waals surface area contributed by atoms with Gasteiger partial charge in [0.25, 0.3) is 0 Å². The lowest BCUT2D eigenvalue weighted by molar-refractivity contribution is 0.191. The summed E-state index contributed by atoms with van der Waals surface area (Å²) >= 11 is 0. The van der Waals surface area contributed by atoms with Crippen molar-refractivity contribution in [3.05, 3.63) is 57.8 Å². The summed E-state index contributed by atoms with van der Waals surface area (Å²) in [4.78, 5) is 17.9. The van der Waals surface area contributed by atoms with Gasteiger partial charge < -0.3 is 14.8 Å². The quantitative estimate of drug-likeness (QED) is 0.800. The Balaban J connectivity index is 2.43. The first-order chi connectivity index (χ1) is 11.1. The van der Waals surface area contributed by atoms with Crippen LogP contribution < -0.4 is 5.43 Å². The van der Waals surface area contributed by atoms with Crippen molar-refractivity contribution in [3.8, 4) is 5.75 Å². The van der Waals surface area contributed by atoms with Crippen LogP contribution >= 0.6 is 0 Å². The minimum atomic E-state index is -0.372. The van der Waals surface area contributed by atoms with Gasteiger partial charge in [-0.05, 0) is 31.2 Å². The smallest absolute Gasteiger partial charge is 0.223 e. The SMILES string of the molecule is CCN(CCO)Cc1c(O)c(=O)cc(C)n1Cc1ccncc1. The van der Waals surface area contributed by atoms with E-state index < -0.39 is 0 Å². The highest BCUT2D eigenvalue weighted by Gasteiger charge is 2.16. The summed E-state index contributed by atoms with van der Waals surface area (Å²) in [6, 6.07) is 5.26. The monoisotopic (exact) mass is 317 g/mol. The Kier molecular flexibility index (Phi) is 5.90. The minimum Gasteiger partial charge on any atom is -0.503 e. The fourth-order valence-electron chi connectivity index (χ4n) is 2.57. The predicted molar refractivity (Wildman–Crippen MR) is 88.5 cm³/mol. The molecule has 2 N–H and O–H groups in total. The molecule has 0 aliphatic heterocycles. The molecule has 6 nitrogen and oxygen atoms in total. The number of aliphatic hydroxyl groups excluding tert-OH is 1. The van der Waals surface area contributed by atoms with Crippen LogP contribution in [-0.4, -0.2) is 44.4 Å². The largest absolute Gasteiger partial charge is 0.503 e. The zero-order chi connectivity index (χ0) is 16.8. The summed E-state index contributed by atoms with van der Waals surface area (Å²) in [5.74, 6) is -0.221. The Bertz CT molecular complexity index is 698. The molecule has 0 saturated heterocycles. The van der Waals surface area contributed by atoms with E-state index in [0.29, 0.717) is 25.3 Å². The number of nitrogens with zero attached hydrogens (tertiary/aromatic N) is 3. The summed E-state index contributed by atoms with van der Waals surface area (Å²) < 4.78 is 1.94. The zero-order valence-electron chi connectivity index (χ0n) is 13.6. The molecule has 0 radical (unpaired) electrons. The maximum absolute atomic E-state index is 12.0. The van der Waals surface area contributed by atoms with Gasteiger partial charge in [-0.25, -0.2) is 0 Å². The molecule has 0 aromatic carbocycles. The van der Waals surface area contributed by atoms with Crippen molar-refractivity contribution in [1.29, 1.82) is 0 Å². The first-order valence-electron chi connectivity index (χ1n) is 7.71. The Hall–Kier alpha value is -2.18. The molecule has 2 heterocycles. The molecular formula is C17H23N3O3. The van der Waals surface area contributed by atoms with Crippen molar-refractivity contribution >= 4 is 0 Å². The van der Waals surface area contributed by atoms with Gasteiger partial charge in [0.1, 0.15) is 0 Å². The van der Waals surface area contributed by atoms with E-state index in [0.717, 1.165) is 17.8 Å². The van der Waals surface area contributed by atoms with Crippen LogP contribution in [0.5, 0.6) is 5.75 Å². The van der Waals surface area contributed by atoms with Gasteiger partial charge in [0.2, 0.25) is 5.43 Å². The second kappa shape index (κ2) is 7.89. The van der Waals surface area contributed by atoms with Crippen LogP contribution in [0.15, 0.2) is 35.4 Å². The number of aryl methyl sites for hydroxylation is 1. The van der Waals surface area contributed by atoms with E-state index in [-0.39, 0.29) is 17.8 Å². The predicted octanol–water partition coefficient (Wildman–Crippen LogP) is 1.12. The zero-order valence-corrected chi connectivity index (χ0v) is 13.6. The van der Waals surface area contributed by atoms with Crippen LogP contribution in [0.4, 0.5) is 0 Å². The number of pyridine rings is 2. The molecule has 0 amide bonds. The molecule has 0 unspecified atom stereocenters. The maximum atomic E-state index is 12.0. The topological polar surface area (TPSA) is 78.6 Å². The van der Waals surface area contributed by atoms with Crippen LogP contribution in [-0.2, 0) is 13.1 Å². The van der Waals surface area contributed by atoms with Crippen LogP contribution in [0.25, 0.3) is 0 Å². The average Bonchev–Trinajstić information content (AvgIpc) is 2.56. The van der Waals surface area contributed by atoms with Crippen LogP contribution in [0, 0.1) is 6.92 Å². The van der Waals surface area contributed by atoms with E-state index in [2.05, 4.69) is 4.98 Å². The Labute approximate surface area is 135 Å². The molecule has 0 aliphatic carbocycles. The maximum Gasteiger partial charge on any atom is 0.223 e. The van der Waals surface area contributed by atoms with Gasteiger partial charge in [0, 0.05) is 43.8 Å². The van der Waals surface area contributed by atoms with E-state index in [1.807, 2.05) is 35.4 Å². The molecule has 2 aromatic rings. The van der Waals surface area contributed by atoms with Crippen LogP contribution in [0.2, 0.25) is 0 Å². The Morgan fingerprint density at radius 2 is 2.00 bits per heavy atom. The molecule has 124 valence electrons. The van der Waals surface area contributed by atoms with Gasteiger partial charge in [-0.2, -0.15) is 0 Å². The highest BCUT2D eigenvalue weighted by molar-refractivity contribution is 5.31. The van der Waals surface area contributed by atoms with E-state index in [1.54, 1.807) is 12.4 Å². The highest BCUT2D eigenvalue weighted by Crippen LogP contribution is 2.18. The molecule has 2 rings (SSSR count). The second-order valence-corrected chi connectivity index (χ2v) is 5.48. The third-order valence-electron chi connectivity index (χ3n) is 3.93. The minimum absolute atomic E-state index is 0.0367. The lowest BCUT2D eigenvalue weighted by atomic mass is 10.2. The molecule has 2 aromatic heterocycles. The van der Waals surface area contributed by atoms with Crippen LogP contribution in [0.3, 0.4) is 0 Å². The van der Waals surface area contributed by atoms with E-state index in [9.17, 15) is 9.90 Å². The van der Waals surface area contributed by atoms with Gasteiger partial charge in [-0.15, -0.1) is 0 Å². The van der Waals surface area contributed by atoms with E-state index in [1.165, 1.54) is 6.07 Å². The highest BCUT2D eigenvalue weighted by atomic mass is 16.3. The lowest BCUT2D eigenvalue weighted by Gasteiger charge is -2.24. The van der Waals surface area contributed by atoms with Gasteiger partial charge in [-0.1, -0.05) is 6.92 Å². The normalized spacial score (nSPS) is 11.1. The van der Waals surface area contributed by atoms with E-state index in [4.69, 9.17) is 5.11 Å². The summed E-state index contributed by atoms with van der Waals surface area (Å²) in [6.07, 6.45) is 3.44. The molecule has 0 bridgehead atoms. The number of aromatic nitrogens is 2. The van der Waals surface area contributed by atoms with Gasteiger partial charge in [0.15, 0.2) is 5.75 Å². The van der Waals surface area contributed by atoms with Crippen LogP contribution in [0.1, 0.15) is 23.9 Å². The molecule has 23 heavy (non-hydrogen) atoms. The standard InChI is InChI=1S/C17H23N3O3/c1-3-19(8-9-21)12-15-17(23)16(22)10-13(2)20(15)11-14-4-6-18-7-5-14/h4-7,10,21,23H,3,8-9,11-12H2,1-2H3. The number of hydrogen-bond acceptors (Lipinski definition) is 5. The van der Waals surface area contributed by atoms with Crippen molar-refractivity contribution in [1.82, 2.24) is 14.5 Å². The Morgan fingerprint density at radius 1 is 1.30 bits per heavy atom. The number of likely N-dealkylation sites (N-methyl/N-ethyl adjacent to an activating group) is 1. The first kappa shape index (κ1) is 17.2. The molecule has 6 heteroatoms. The van der Waals surface area contributed by atoms with Crippen molar-refractivity contribution in [3.63, 3.8) is 0 Å². The number of hydrogen-bond donors (Lipinski definition) is 2. The third kappa shape index (κ3) is 4.18.